The van der Waals surface area contributed by atoms with E-state index >= 15 is 0 Å². The number of hydrogen-bond acceptors (Lipinski definition) is 3. The maximum atomic E-state index is 11.2. The molecule has 1 N–H and O–H groups in total. The summed E-state index contributed by atoms with van der Waals surface area (Å²) in [6.45, 7) is 4.82. The largest absolute Gasteiger partial charge is 0.465 e. The molecule has 3 heteroatoms. The lowest BCUT2D eigenvalue weighted by molar-refractivity contribution is -0.141. The van der Waals surface area contributed by atoms with Gasteiger partial charge in [0.2, 0.25) is 0 Å². The maximum absolute atomic E-state index is 11.2. The first kappa shape index (κ1) is 13.7. The molecule has 0 spiro atoms. The molecule has 1 aliphatic rings. The van der Waals surface area contributed by atoms with Crippen LogP contribution in [0.15, 0.2) is 42.5 Å². The van der Waals surface area contributed by atoms with Crippen molar-refractivity contribution in [2.75, 3.05) is 18.5 Å². The number of esters is 1. The Bertz CT molecular complexity index is 679. The Morgan fingerprint density at radius 1 is 1.14 bits per heavy atom. The van der Waals surface area contributed by atoms with Crippen LogP contribution in [0.1, 0.15) is 30.9 Å². The molecule has 1 aliphatic carbocycles. The van der Waals surface area contributed by atoms with E-state index in [0.717, 1.165) is 12.2 Å². The highest BCUT2D eigenvalue weighted by Gasteiger charge is 2.29. The fraction of sp³-hybridized carbons (Fsp3) is 0.278. The highest BCUT2D eigenvalue weighted by molar-refractivity contribution is 5.80. The molecule has 0 radical (unpaired) electrons. The Labute approximate surface area is 124 Å². The van der Waals surface area contributed by atoms with Crippen LogP contribution in [0, 0.1) is 0 Å². The van der Waals surface area contributed by atoms with Gasteiger partial charge in [0.05, 0.1) is 0 Å². The SMILES string of the molecule is CCNc1ccc2c(c1)C(COC(C)=O)c1ccccc1-2. The Morgan fingerprint density at radius 3 is 2.67 bits per heavy atom. The minimum absolute atomic E-state index is 0.124. The molecular formula is C18H19NO2. The lowest BCUT2D eigenvalue weighted by Crippen LogP contribution is -2.10. The first-order valence-corrected chi connectivity index (χ1v) is 7.31. The fourth-order valence-electron chi connectivity index (χ4n) is 3.00. The summed E-state index contributed by atoms with van der Waals surface area (Å²) in [7, 11) is 0. The van der Waals surface area contributed by atoms with Crippen LogP contribution < -0.4 is 5.32 Å². The van der Waals surface area contributed by atoms with Gasteiger partial charge in [0.15, 0.2) is 0 Å². The third-order valence-corrected chi connectivity index (χ3v) is 3.89. The van der Waals surface area contributed by atoms with Gasteiger partial charge in [0.25, 0.3) is 0 Å². The molecule has 0 bridgehead atoms. The number of carbonyl (C=O) groups is 1. The normalized spacial score (nSPS) is 15.2. The molecule has 21 heavy (non-hydrogen) atoms. The molecule has 0 amide bonds. The summed E-state index contributed by atoms with van der Waals surface area (Å²) in [4.78, 5) is 11.2. The number of fused-ring (bicyclic) bond motifs is 3. The van der Waals surface area contributed by atoms with Gasteiger partial charge in [-0.3, -0.25) is 4.79 Å². The van der Waals surface area contributed by atoms with E-state index in [9.17, 15) is 4.79 Å². The summed E-state index contributed by atoms with van der Waals surface area (Å²) in [6, 6.07) is 14.8. The van der Waals surface area contributed by atoms with Gasteiger partial charge in [-0.2, -0.15) is 0 Å². The summed E-state index contributed by atoms with van der Waals surface area (Å²) in [5, 5.41) is 3.34. The van der Waals surface area contributed by atoms with Crippen LogP contribution in [-0.2, 0) is 9.53 Å². The number of nitrogens with one attached hydrogen (secondary N) is 1. The lowest BCUT2D eigenvalue weighted by Gasteiger charge is -2.14. The third kappa shape index (κ3) is 2.51. The van der Waals surface area contributed by atoms with E-state index in [1.807, 2.05) is 6.07 Å². The van der Waals surface area contributed by atoms with Crippen molar-refractivity contribution in [3.8, 4) is 11.1 Å². The third-order valence-electron chi connectivity index (χ3n) is 3.89. The van der Waals surface area contributed by atoms with E-state index in [2.05, 4.69) is 48.6 Å². The van der Waals surface area contributed by atoms with Crippen LogP contribution in [-0.4, -0.2) is 19.1 Å². The predicted octanol–water partition coefficient (Wildman–Crippen LogP) is 3.79. The van der Waals surface area contributed by atoms with E-state index in [1.165, 1.54) is 29.2 Å². The topological polar surface area (TPSA) is 38.3 Å². The standard InChI is InChI=1S/C18H19NO2/c1-3-19-13-8-9-16-14-6-4-5-7-15(14)18(17(16)10-13)11-21-12(2)20/h4-10,18-19H,3,11H2,1-2H3. The average molecular weight is 281 g/mol. The van der Waals surface area contributed by atoms with Crippen molar-refractivity contribution in [3.05, 3.63) is 53.6 Å². The molecule has 3 rings (SSSR count). The van der Waals surface area contributed by atoms with Crippen molar-refractivity contribution < 1.29 is 9.53 Å². The smallest absolute Gasteiger partial charge is 0.302 e. The van der Waals surface area contributed by atoms with Crippen LogP contribution >= 0.6 is 0 Å². The maximum Gasteiger partial charge on any atom is 0.302 e. The molecule has 0 aromatic heterocycles. The van der Waals surface area contributed by atoms with Crippen molar-refractivity contribution in [1.82, 2.24) is 0 Å². The highest BCUT2D eigenvalue weighted by atomic mass is 16.5. The highest BCUT2D eigenvalue weighted by Crippen LogP contribution is 2.45. The van der Waals surface area contributed by atoms with Crippen LogP contribution in [0.5, 0.6) is 0 Å². The van der Waals surface area contributed by atoms with Gasteiger partial charge in [-0.25, -0.2) is 0 Å². The molecule has 0 aliphatic heterocycles. The molecule has 0 fully saturated rings. The Balaban J connectivity index is 2.03. The Hall–Kier alpha value is -2.29. The van der Waals surface area contributed by atoms with Crippen molar-refractivity contribution in [3.63, 3.8) is 0 Å². The van der Waals surface area contributed by atoms with Gasteiger partial charge in [-0.15, -0.1) is 0 Å². The van der Waals surface area contributed by atoms with Gasteiger partial charge in [-0.05, 0) is 41.3 Å². The van der Waals surface area contributed by atoms with Crippen molar-refractivity contribution in [2.45, 2.75) is 19.8 Å². The average Bonchev–Trinajstić information content (AvgIpc) is 2.79. The van der Waals surface area contributed by atoms with E-state index in [1.54, 1.807) is 0 Å². The quantitative estimate of drug-likeness (QED) is 0.866. The first-order valence-electron chi connectivity index (χ1n) is 7.31. The second-order valence-electron chi connectivity index (χ2n) is 5.27. The zero-order chi connectivity index (χ0) is 14.8. The zero-order valence-corrected chi connectivity index (χ0v) is 12.3. The lowest BCUT2D eigenvalue weighted by atomic mass is 9.97. The van der Waals surface area contributed by atoms with E-state index < -0.39 is 0 Å². The van der Waals surface area contributed by atoms with Crippen molar-refractivity contribution in [1.29, 1.82) is 0 Å². The fourth-order valence-corrected chi connectivity index (χ4v) is 3.00. The molecule has 0 saturated heterocycles. The first-order chi connectivity index (χ1) is 10.2. The molecule has 2 aromatic rings. The number of hydrogen-bond donors (Lipinski definition) is 1. The number of ether oxygens (including phenoxy) is 1. The van der Waals surface area contributed by atoms with Crippen LogP contribution in [0.4, 0.5) is 5.69 Å². The molecule has 2 aromatic carbocycles. The number of benzene rings is 2. The molecule has 0 heterocycles. The van der Waals surface area contributed by atoms with Gasteiger partial charge in [0, 0.05) is 25.1 Å². The monoisotopic (exact) mass is 281 g/mol. The molecule has 0 saturated carbocycles. The van der Waals surface area contributed by atoms with E-state index in [4.69, 9.17) is 4.74 Å². The van der Waals surface area contributed by atoms with Crippen LogP contribution in [0.3, 0.4) is 0 Å². The predicted molar refractivity (Wildman–Crippen MR) is 84.5 cm³/mol. The minimum Gasteiger partial charge on any atom is -0.465 e. The molecule has 108 valence electrons. The van der Waals surface area contributed by atoms with Crippen molar-refractivity contribution >= 4 is 11.7 Å². The van der Waals surface area contributed by atoms with Crippen molar-refractivity contribution in [2.24, 2.45) is 0 Å². The number of carbonyl (C=O) groups excluding carboxylic acids is 1. The summed E-state index contributed by atoms with van der Waals surface area (Å²) in [5.41, 5.74) is 6.06. The molecule has 3 nitrogen and oxygen atoms in total. The van der Waals surface area contributed by atoms with Gasteiger partial charge < -0.3 is 10.1 Å². The summed E-state index contributed by atoms with van der Waals surface area (Å²) in [5.74, 6) is -0.109. The van der Waals surface area contributed by atoms with Gasteiger partial charge in [0.1, 0.15) is 6.61 Å². The minimum atomic E-state index is -0.233. The molecule has 1 atom stereocenters. The Morgan fingerprint density at radius 2 is 1.90 bits per heavy atom. The summed E-state index contributed by atoms with van der Waals surface area (Å²) in [6.07, 6.45) is 0. The van der Waals surface area contributed by atoms with Gasteiger partial charge in [-0.1, -0.05) is 30.3 Å². The second kappa shape index (κ2) is 5.60. The Kier molecular flexibility index (Phi) is 3.65. The number of rotatable bonds is 4. The van der Waals surface area contributed by atoms with E-state index in [0.29, 0.717) is 6.61 Å². The molecule has 1 unspecified atom stereocenters. The summed E-state index contributed by atoms with van der Waals surface area (Å²) >= 11 is 0. The second-order valence-corrected chi connectivity index (χ2v) is 5.27. The van der Waals surface area contributed by atoms with Crippen LogP contribution in [0.25, 0.3) is 11.1 Å². The summed E-state index contributed by atoms with van der Waals surface area (Å²) < 4.78 is 5.28. The van der Waals surface area contributed by atoms with Crippen LogP contribution in [0.2, 0.25) is 0 Å². The van der Waals surface area contributed by atoms with E-state index in [-0.39, 0.29) is 11.9 Å². The number of anilines is 1. The van der Waals surface area contributed by atoms with Gasteiger partial charge >= 0.3 is 5.97 Å². The zero-order valence-electron chi connectivity index (χ0n) is 12.3. The molecular weight excluding hydrogens is 262 g/mol.